The van der Waals surface area contributed by atoms with Crippen molar-refractivity contribution in [2.24, 2.45) is 0 Å². The van der Waals surface area contributed by atoms with Gasteiger partial charge in [0, 0.05) is 23.7 Å². The van der Waals surface area contributed by atoms with Gasteiger partial charge in [-0.2, -0.15) is 0 Å². The van der Waals surface area contributed by atoms with Gasteiger partial charge in [0.1, 0.15) is 39.9 Å². The Balaban J connectivity index is 1.44. The molecule has 1 fully saturated rings. The summed E-state index contributed by atoms with van der Waals surface area (Å²) in [6.07, 6.45) is 3.31. The van der Waals surface area contributed by atoms with Gasteiger partial charge in [0.05, 0.1) is 16.1 Å². The van der Waals surface area contributed by atoms with Crippen LogP contribution in [0.4, 0.5) is 0 Å². The van der Waals surface area contributed by atoms with E-state index in [-0.39, 0.29) is 12.0 Å². The second-order valence-corrected chi connectivity index (χ2v) is 10.4. The Labute approximate surface area is 223 Å². The molecule has 5 rings (SSSR count). The Hall–Kier alpha value is -2.78. The zero-order valence-corrected chi connectivity index (χ0v) is 22.2. The van der Waals surface area contributed by atoms with Crippen LogP contribution in [0.5, 0.6) is 11.5 Å². The zero-order chi connectivity index (χ0) is 25.2. The number of benzene rings is 2. The van der Waals surface area contributed by atoms with E-state index in [0.717, 1.165) is 47.5 Å². The molecule has 1 atom stereocenters. The molecule has 1 aliphatic rings. The highest BCUT2D eigenvalue weighted by atomic mass is 35.5. The number of imidazole rings is 1. The quantitative estimate of drug-likeness (QED) is 0.297. The van der Waals surface area contributed by atoms with Crippen molar-refractivity contribution in [1.29, 1.82) is 0 Å². The monoisotopic (exact) mass is 544 g/mol. The maximum absolute atomic E-state index is 12.7. The molecular weight excluding hydrogens is 519 g/mol. The summed E-state index contributed by atoms with van der Waals surface area (Å²) in [6.45, 7) is 3.78. The van der Waals surface area contributed by atoms with E-state index in [1.54, 1.807) is 19.4 Å². The van der Waals surface area contributed by atoms with E-state index in [1.165, 1.54) is 11.3 Å². The molecule has 1 saturated heterocycles. The molecule has 188 valence electrons. The average Bonchev–Trinajstić information content (AvgIpc) is 3.49. The van der Waals surface area contributed by atoms with Gasteiger partial charge in [0.25, 0.3) is 5.91 Å². The van der Waals surface area contributed by atoms with Crippen molar-refractivity contribution in [1.82, 2.24) is 20.2 Å². The molecule has 2 aromatic carbocycles. The maximum Gasteiger partial charge on any atom is 0.264 e. The Morgan fingerprint density at radius 2 is 2.00 bits per heavy atom. The number of hydrogen-bond donors (Lipinski definition) is 2. The summed E-state index contributed by atoms with van der Waals surface area (Å²) in [5, 5.41) is 7.98. The highest BCUT2D eigenvalue weighted by Gasteiger charge is 2.23. The van der Waals surface area contributed by atoms with Gasteiger partial charge in [-0.1, -0.05) is 35.3 Å². The molecule has 0 bridgehead atoms. The van der Waals surface area contributed by atoms with E-state index in [2.05, 4.69) is 15.6 Å². The summed E-state index contributed by atoms with van der Waals surface area (Å²) < 4.78 is 14.5. The summed E-state index contributed by atoms with van der Waals surface area (Å²) >= 11 is 14.2. The van der Waals surface area contributed by atoms with E-state index >= 15 is 0 Å². The lowest BCUT2D eigenvalue weighted by atomic mass is 10.1. The van der Waals surface area contributed by atoms with Gasteiger partial charge in [0.2, 0.25) is 0 Å². The number of nitrogens with one attached hydrogen (secondary N) is 2. The van der Waals surface area contributed by atoms with Crippen molar-refractivity contribution in [3.8, 4) is 16.5 Å². The van der Waals surface area contributed by atoms with Crippen LogP contribution in [0.2, 0.25) is 10.0 Å². The van der Waals surface area contributed by atoms with Crippen LogP contribution in [0, 0.1) is 0 Å². The largest absolute Gasteiger partial charge is 0.489 e. The molecular formula is C26H26Cl2N4O3S. The van der Waals surface area contributed by atoms with Gasteiger partial charge < -0.3 is 20.1 Å². The Kier molecular flexibility index (Phi) is 7.39. The number of amides is 1. The molecule has 36 heavy (non-hydrogen) atoms. The number of aromatic nitrogens is 2. The van der Waals surface area contributed by atoms with Crippen LogP contribution < -0.4 is 20.1 Å². The van der Waals surface area contributed by atoms with Gasteiger partial charge >= 0.3 is 0 Å². The van der Waals surface area contributed by atoms with Crippen molar-refractivity contribution >= 4 is 51.5 Å². The van der Waals surface area contributed by atoms with Crippen LogP contribution in [-0.2, 0) is 0 Å². The molecule has 0 radical (unpaired) electrons. The van der Waals surface area contributed by atoms with Crippen molar-refractivity contribution in [3.63, 3.8) is 0 Å². The molecule has 1 amide bonds. The Morgan fingerprint density at radius 3 is 2.78 bits per heavy atom. The SMILES string of the molecule is CNC(=O)c1sc(-n2cnc3cc(Cl)ccc32)cc1OC(C)c1cccc(OC2CCNCC2)c1Cl. The van der Waals surface area contributed by atoms with Gasteiger partial charge in [-0.15, -0.1) is 11.3 Å². The Bertz CT molecular complexity index is 1400. The molecule has 2 N–H and O–H groups in total. The molecule has 0 spiro atoms. The molecule has 2 aromatic heterocycles. The molecule has 4 aromatic rings. The standard InChI is InChI=1S/C26H26Cl2N4O3S/c1-15(18-4-3-5-21(24(18)28)35-17-8-10-30-11-9-17)34-22-13-23(36-25(22)26(33)29-2)32-14-31-19-12-16(27)6-7-20(19)32/h3-7,12-15,17,30H,8-11H2,1-2H3,(H,29,33). The van der Waals surface area contributed by atoms with Crippen LogP contribution >= 0.6 is 34.5 Å². The van der Waals surface area contributed by atoms with Crippen LogP contribution in [0.25, 0.3) is 16.0 Å². The summed E-state index contributed by atoms with van der Waals surface area (Å²) in [4.78, 5) is 17.6. The molecule has 0 saturated carbocycles. The molecule has 3 heterocycles. The minimum absolute atomic E-state index is 0.134. The third-order valence-corrected chi connectivity index (χ3v) is 7.93. The lowest BCUT2D eigenvalue weighted by molar-refractivity contribution is 0.0961. The first-order chi connectivity index (χ1) is 17.4. The summed E-state index contributed by atoms with van der Waals surface area (Å²) in [5.74, 6) is 0.894. The fourth-order valence-corrected chi connectivity index (χ4v) is 5.79. The van der Waals surface area contributed by atoms with Gasteiger partial charge in [-0.05, 0) is 57.1 Å². The number of carbonyl (C=O) groups is 1. The fourth-order valence-electron chi connectivity index (χ4n) is 4.28. The van der Waals surface area contributed by atoms with E-state index in [9.17, 15) is 4.79 Å². The predicted molar refractivity (Wildman–Crippen MR) is 144 cm³/mol. The number of hydrogen-bond acceptors (Lipinski definition) is 6. The number of ether oxygens (including phenoxy) is 2. The first kappa shape index (κ1) is 24.9. The van der Waals surface area contributed by atoms with Gasteiger partial charge in [0.15, 0.2) is 0 Å². The minimum atomic E-state index is -0.418. The smallest absolute Gasteiger partial charge is 0.264 e. The molecule has 1 unspecified atom stereocenters. The van der Waals surface area contributed by atoms with Crippen LogP contribution in [0.15, 0.2) is 48.8 Å². The first-order valence-electron chi connectivity index (χ1n) is 11.8. The zero-order valence-electron chi connectivity index (χ0n) is 19.9. The van der Waals surface area contributed by atoms with Crippen molar-refractivity contribution in [2.45, 2.75) is 32.0 Å². The van der Waals surface area contributed by atoms with E-state index in [4.69, 9.17) is 32.7 Å². The van der Waals surface area contributed by atoms with E-state index in [0.29, 0.717) is 26.4 Å². The minimum Gasteiger partial charge on any atom is -0.489 e. The molecule has 10 heteroatoms. The van der Waals surface area contributed by atoms with Gasteiger partial charge in [-0.3, -0.25) is 9.36 Å². The summed E-state index contributed by atoms with van der Waals surface area (Å²) in [5.41, 5.74) is 2.45. The molecule has 0 aliphatic carbocycles. The van der Waals surface area contributed by atoms with E-state index < -0.39 is 6.10 Å². The lowest BCUT2D eigenvalue weighted by Gasteiger charge is -2.25. The predicted octanol–water partition coefficient (Wildman–Crippen LogP) is 6.02. The van der Waals surface area contributed by atoms with Crippen LogP contribution in [0.1, 0.15) is 41.1 Å². The van der Waals surface area contributed by atoms with E-state index in [1.807, 2.05) is 47.9 Å². The molecule has 7 nitrogen and oxygen atoms in total. The maximum atomic E-state index is 12.7. The molecule has 1 aliphatic heterocycles. The second-order valence-electron chi connectivity index (χ2n) is 8.59. The summed E-state index contributed by atoms with van der Waals surface area (Å²) in [7, 11) is 1.60. The normalized spacial score (nSPS) is 15.1. The third-order valence-electron chi connectivity index (χ3n) is 6.18. The van der Waals surface area contributed by atoms with Crippen LogP contribution in [-0.4, -0.2) is 41.7 Å². The third kappa shape index (κ3) is 5.04. The van der Waals surface area contributed by atoms with Gasteiger partial charge in [-0.25, -0.2) is 4.98 Å². The van der Waals surface area contributed by atoms with Crippen molar-refractivity contribution in [3.05, 3.63) is 69.3 Å². The fraction of sp³-hybridized carbons (Fsp3) is 0.308. The summed E-state index contributed by atoms with van der Waals surface area (Å²) in [6, 6.07) is 13.1. The lowest BCUT2D eigenvalue weighted by Crippen LogP contribution is -2.34. The highest BCUT2D eigenvalue weighted by molar-refractivity contribution is 7.16. The average molecular weight is 545 g/mol. The number of nitrogens with zero attached hydrogens (tertiary/aromatic N) is 2. The van der Waals surface area contributed by atoms with Crippen molar-refractivity contribution in [2.75, 3.05) is 20.1 Å². The van der Waals surface area contributed by atoms with Crippen LogP contribution in [0.3, 0.4) is 0 Å². The number of halogens is 2. The number of piperidine rings is 1. The number of fused-ring (bicyclic) bond motifs is 1. The highest BCUT2D eigenvalue weighted by Crippen LogP contribution is 2.39. The topological polar surface area (TPSA) is 77.4 Å². The van der Waals surface area contributed by atoms with Crippen molar-refractivity contribution < 1.29 is 14.3 Å². The Morgan fingerprint density at radius 1 is 1.19 bits per heavy atom. The first-order valence-corrected chi connectivity index (χ1v) is 13.3. The number of rotatable bonds is 7. The second kappa shape index (κ2) is 10.7. The number of thiophene rings is 1. The number of carbonyl (C=O) groups excluding carboxylic acids is 1.